The van der Waals surface area contributed by atoms with Crippen LogP contribution in [-0.2, 0) is 4.79 Å². The quantitative estimate of drug-likeness (QED) is 0.768. The Hall–Kier alpha value is -1.81. The van der Waals surface area contributed by atoms with Gasteiger partial charge in [0.2, 0.25) is 0 Å². The summed E-state index contributed by atoms with van der Waals surface area (Å²) in [6, 6.07) is 7.86. The molecule has 0 heterocycles. The lowest BCUT2D eigenvalue weighted by Gasteiger charge is -2.20. The van der Waals surface area contributed by atoms with E-state index in [0.29, 0.717) is 12.6 Å². The number of carbonyl (C=O) groups is 1. The van der Waals surface area contributed by atoms with Gasteiger partial charge in [-0.25, -0.2) is 4.79 Å². The lowest BCUT2D eigenvalue weighted by atomic mass is 10.2. The van der Waals surface area contributed by atoms with Gasteiger partial charge < -0.3 is 14.7 Å². The number of hydrogen-bond acceptors (Lipinski definition) is 3. The zero-order valence-electron chi connectivity index (χ0n) is 11.7. The fourth-order valence-electron chi connectivity index (χ4n) is 1.41. The fraction of sp³-hybridized carbons (Fsp3) is 0.400. The first-order valence-electron chi connectivity index (χ1n) is 6.33. The van der Waals surface area contributed by atoms with E-state index in [4.69, 9.17) is 9.84 Å². The first-order valence-corrected chi connectivity index (χ1v) is 6.33. The minimum Gasteiger partial charge on any atom is -0.492 e. The van der Waals surface area contributed by atoms with Gasteiger partial charge >= 0.3 is 5.97 Å². The van der Waals surface area contributed by atoms with Crippen molar-refractivity contribution >= 4 is 12.0 Å². The maximum absolute atomic E-state index is 10.4. The van der Waals surface area contributed by atoms with E-state index < -0.39 is 5.97 Å². The maximum Gasteiger partial charge on any atom is 0.328 e. The number of nitrogens with zero attached hydrogens (tertiary/aromatic N) is 1. The molecule has 4 nitrogen and oxygen atoms in total. The largest absolute Gasteiger partial charge is 0.492 e. The lowest BCUT2D eigenvalue weighted by Crippen LogP contribution is -2.30. The van der Waals surface area contributed by atoms with Crippen LogP contribution in [0.15, 0.2) is 30.3 Å². The average molecular weight is 263 g/mol. The zero-order valence-corrected chi connectivity index (χ0v) is 11.7. The van der Waals surface area contributed by atoms with Gasteiger partial charge in [-0.05, 0) is 44.7 Å². The minimum atomic E-state index is -0.947. The third-order valence-electron chi connectivity index (χ3n) is 2.89. The molecule has 0 saturated heterocycles. The highest BCUT2D eigenvalue weighted by atomic mass is 16.5. The predicted octanol–water partition coefficient (Wildman–Crippen LogP) is 2.50. The summed E-state index contributed by atoms with van der Waals surface area (Å²) in [5, 5.41) is 8.53. The summed E-state index contributed by atoms with van der Waals surface area (Å²) in [5.41, 5.74) is 0.842. The third kappa shape index (κ3) is 6.06. The molecule has 104 valence electrons. The molecule has 0 radical (unpaired) electrons. The number of carboxylic acids is 1. The van der Waals surface area contributed by atoms with Crippen molar-refractivity contribution in [2.75, 3.05) is 20.2 Å². The fourth-order valence-corrected chi connectivity index (χ4v) is 1.41. The van der Waals surface area contributed by atoms with Crippen molar-refractivity contribution in [2.24, 2.45) is 0 Å². The van der Waals surface area contributed by atoms with Crippen molar-refractivity contribution in [1.82, 2.24) is 4.90 Å². The van der Waals surface area contributed by atoms with Crippen LogP contribution in [0.5, 0.6) is 5.75 Å². The average Bonchev–Trinajstić information content (AvgIpc) is 2.37. The van der Waals surface area contributed by atoms with Crippen LogP contribution in [-0.4, -0.2) is 42.2 Å². The molecule has 0 fully saturated rings. The van der Waals surface area contributed by atoms with Gasteiger partial charge in [0.15, 0.2) is 0 Å². The molecule has 0 aliphatic heterocycles. The van der Waals surface area contributed by atoms with Gasteiger partial charge in [-0.2, -0.15) is 0 Å². The molecular weight excluding hydrogens is 242 g/mol. The second-order valence-corrected chi connectivity index (χ2v) is 4.66. The van der Waals surface area contributed by atoms with Crippen LogP contribution in [0.1, 0.15) is 19.4 Å². The van der Waals surface area contributed by atoms with Crippen molar-refractivity contribution in [3.05, 3.63) is 35.9 Å². The minimum absolute atomic E-state index is 0.507. The summed E-state index contributed by atoms with van der Waals surface area (Å²) in [6.07, 6.45) is 2.67. The van der Waals surface area contributed by atoms with Gasteiger partial charge in [0.05, 0.1) is 0 Å². The molecule has 19 heavy (non-hydrogen) atoms. The van der Waals surface area contributed by atoms with Crippen molar-refractivity contribution in [1.29, 1.82) is 0 Å². The molecule has 0 aromatic heterocycles. The van der Waals surface area contributed by atoms with E-state index in [-0.39, 0.29) is 0 Å². The molecule has 4 heteroatoms. The van der Waals surface area contributed by atoms with Crippen LogP contribution in [0.25, 0.3) is 6.08 Å². The topological polar surface area (TPSA) is 49.8 Å². The summed E-state index contributed by atoms with van der Waals surface area (Å²) in [6.45, 7) is 5.80. The molecule has 0 aliphatic rings. The molecular formula is C15H21NO3. The van der Waals surface area contributed by atoms with Gasteiger partial charge in [0.25, 0.3) is 0 Å². The molecule has 0 bridgehead atoms. The van der Waals surface area contributed by atoms with E-state index in [0.717, 1.165) is 23.9 Å². The molecule has 0 spiro atoms. The summed E-state index contributed by atoms with van der Waals surface area (Å²) in [5.74, 6) is -0.151. The smallest absolute Gasteiger partial charge is 0.328 e. The molecule has 1 rings (SSSR count). The van der Waals surface area contributed by atoms with Crippen LogP contribution in [0.2, 0.25) is 0 Å². The number of carboxylic acid groups (broad SMARTS) is 1. The lowest BCUT2D eigenvalue weighted by molar-refractivity contribution is -0.131. The summed E-state index contributed by atoms with van der Waals surface area (Å²) < 4.78 is 5.63. The van der Waals surface area contributed by atoms with E-state index in [2.05, 4.69) is 25.8 Å². The van der Waals surface area contributed by atoms with Crippen molar-refractivity contribution in [3.63, 3.8) is 0 Å². The molecule has 0 atom stereocenters. The van der Waals surface area contributed by atoms with Crippen LogP contribution < -0.4 is 4.74 Å². The van der Waals surface area contributed by atoms with Gasteiger partial charge in [0.1, 0.15) is 12.4 Å². The van der Waals surface area contributed by atoms with Gasteiger partial charge in [0, 0.05) is 18.7 Å². The highest BCUT2D eigenvalue weighted by molar-refractivity contribution is 5.85. The first kappa shape index (κ1) is 15.2. The second kappa shape index (κ2) is 7.59. The van der Waals surface area contributed by atoms with E-state index >= 15 is 0 Å². The van der Waals surface area contributed by atoms with Crippen molar-refractivity contribution in [3.8, 4) is 5.75 Å². The number of benzene rings is 1. The Bertz CT molecular complexity index is 424. The first-order chi connectivity index (χ1) is 8.99. The normalized spacial score (nSPS) is 11.4. The summed E-state index contributed by atoms with van der Waals surface area (Å²) in [4.78, 5) is 12.6. The highest BCUT2D eigenvalue weighted by Gasteiger charge is 2.02. The van der Waals surface area contributed by atoms with Crippen LogP contribution in [0.3, 0.4) is 0 Å². The van der Waals surface area contributed by atoms with E-state index in [9.17, 15) is 4.79 Å². The van der Waals surface area contributed by atoms with Gasteiger partial charge in [-0.15, -0.1) is 0 Å². The van der Waals surface area contributed by atoms with Crippen molar-refractivity contribution < 1.29 is 14.6 Å². The molecule has 1 N–H and O–H groups in total. The van der Waals surface area contributed by atoms with Crippen LogP contribution >= 0.6 is 0 Å². The summed E-state index contributed by atoms with van der Waals surface area (Å²) >= 11 is 0. The zero-order chi connectivity index (χ0) is 14.3. The summed E-state index contributed by atoms with van der Waals surface area (Å²) in [7, 11) is 2.06. The molecule has 0 aliphatic carbocycles. The molecule has 0 amide bonds. The third-order valence-corrected chi connectivity index (χ3v) is 2.89. The molecule has 1 aromatic carbocycles. The predicted molar refractivity (Wildman–Crippen MR) is 76.4 cm³/mol. The number of hydrogen-bond donors (Lipinski definition) is 1. The standard InChI is InChI=1S/C15H21NO3/c1-12(2)16(3)10-11-19-14-7-4-13(5-8-14)6-9-15(17)18/h4-9,12H,10-11H2,1-3H3,(H,17,18). The van der Waals surface area contributed by atoms with Crippen LogP contribution in [0.4, 0.5) is 0 Å². The monoisotopic (exact) mass is 263 g/mol. The number of likely N-dealkylation sites (N-methyl/N-ethyl adjacent to an activating group) is 1. The molecule has 1 aromatic rings. The maximum atomic E-state index is 10.4. The SMILES string of the molecule is CC(C)N(C)CCOc1ccc(C=CC(=O)O)cc1. The van der Waals surface area contributed by atoms with Crippen molar-refractivity contribution in [2.45, 2.75) is 19.9 Å². The molecule has 0 saturated carbocycles. The Kier molecular flexibility index (Phi) is 6.09. The Labute approximate surface area is 114 Å². The Morgan fingerprint density at radius 3 is 2.53 bits per heavy atom. The van der Waals surface area contributed by atoms with Gasteiger partial charge in [-0.3, -0.25) is 0 Å². The number of rotatable bonds is 7. The van der Waals surface area contributed by atoms with Gasteiger partial charge in [-0.1, -0.05) is 12.1 Å². The Balaban J connectivity index is 2.42. The van der Waals surface area contributed by atoms with E-state index in [1.807, 2.05) is 24.3 Å². The number of ether oxygens (including phenoxy) is 1. The van der Waals surface area contributed by atoms with E-state index in [1.165, 1.54) is 0 Å². The second-order valence-electron chi connectivity index (χ2n) is 4.66. The highest BCUT2D eigenvalue weighted by Crippen LogP contribution is 2.13. The Morgan fingerprint density at radius 1 is 1.37 bits per heavy atom. The number of aliphatic carboxylic acids is 1. The molecule has 0 unspecified atom stereocenters. The Morgan fingerprint density at radius 2 is 2.00 bits per heavy atom. The van der Waals surface area contributed by atoms with Crippen LogP contribution in [0, 0.1) is 0 Å². The van der Waals surface area contributed by atoms with E-state index in [1.54, 1.807) is 6.08 Å².